The molecule has 2 aromatic rings. The molecule has 0 aliphatic carbocycles. The lowest BCUT2D eigenvalue weighted by Crippen LogP contribution is -2.29. The molecule has 1 N–H and O–H groups in total. The van der Waals surface area contributed by atoms with Crippen LogP contribution in [0.2, 0.25) is 0 Å². The van der Waals surface area contributed by atoms with E-state index >= 15 is 0 Å². The summed E-state index contributed by atoms with van der Waals surface area (Å²) >= 11 is 0. The highest BCUT2D eigenvalue weighted by molar-refractivity contribution is 7.90. The molecule has 1 aromatic heterocycles. The molecule has 1 aliphatic rings. The minimum atomic E-state index is -3.21. The fourth-order valence-corrected chi connectivity index (χ4v) is 4.71. The van der Waals surface area contributed by atoms with Gasteiger partial charge in [0, 0.05) is 30.3 Å². The number of fused-ring (bicyclic) bond motifs is 1. The van der Waals surface area contributed by atoms with Gasteiger partial charge in [-0.15, -0.1) is 0 Å². The van der Waals surface area contributed by atoms with Crippen LogP contribution >= 0.6 is 0 Å². The van der Waals surface area contributed by atoms with Crippen molar-refractivity contribution in [2.45, 2.75) is 25.1 Å². The first kappa shape index (κ1) is 19.2. The van der Waals surface area contributed by atoms with Crippen molar-refractivity contribution in [2.24, 2.45) is 7.05 Å². The maximum absolute atomic E-state index is 12.8. The lowest BCUT2D eigenvalue weighted by Gasteiger charge is -2.18. The minimum absolute atomic E-state index is 0.0814. The highest BCUT2D eigenvalue weighted by atomic mass is 32.2. The van der Waals surface area contributed by atoms with Gasteiger partial charge >= 0.3 is 0 Å². The molecule has 0 spiro atoms. The number of aryl methyl sites for hydroxylation is 1. The predicted molar refractivity (Wildman–Crippen MR) is 99.8 cm³/mol. The zero-order chi connectivity index (χ0) is 19.8. The van der Waals surface area contributed by atoms with Crippen LogP contribution in [0, 0.1) is 0 Å². The Morgan fingerprint density at radius 3 is 2.70 bits per heavy atom. The summed E-state index contributed by atoms with van der Waals surface area (Å²) in [6.45, 7) is 1.82. The molecule has 0 saturated carbocycles. The number of methoxy groups -OCH3 is 2. The summed E-state index contributed by atoms with van der Waals surface area (Å²) in [4.78, 5) is 12.8. The molecule has 1 amide bonds. The Hall–Kier alpha value is -2.55. The van der Waals surface area contributed by atoms with Gasteiger partial charge in [0.05, 0.1) is 31.8 Å². The molecule has 0 unspecified atom stereocenters. The van der Waals surface area contributed by atoms with E-state index in [2.05, 4.69) is 10.4 Å². The Morgan fingerprint density at radius 2 is 2.04 bits per heavy atom. The third-order valence-corrected chi connectivity index (χ3v) is 6.31. The predicted octanol–water partition coefficient (Wildman–Crippen LogP) is 1.40. The second kappa shape index (κ2) is 7.22. The van der Waals surface area contributed by atoms with E-state index in [0.29, 0.717) is 23.5 Å². The van der Waals surface area contributed by atoms with E-state index in [1.807, 2.05) is 6.92 Å². The number of ether oxygens (including phenoxy) is 2. The number of benzene rings is 1. The van der Waals surface area contributed by atoms with Crippen LogP contribution in [0.1, 0.15) is 40.3 Å². The largest absolute Gasteiger partial charge is 0.497 e. The molecule has 1 aromatic carbocycles. The number of sulfone groups is 1. The Balaban J connectivity index is 1.89. The number of carbonyl (C=O) groups excluding carboxylic acids is 1. The quantitative estimate of drug-likeness (QED) is 0.824. The van der Waals surface area contributed by atoms with Crippen LogP contribution in [0.5, 0.6) is 11.5 Å². The Morgan fingerprint density at radius 1 is 1.30 bits per heavy atom. The van der Waals surface area contributed by atoms with Crippen molar-refractivity contribution in [3.05, 3.63) is 40.7 Å². The van der Waals surface area contributed by atoms with Gasteiger partial charge in [-0.2, -0.15) is 5.10 Å². The summed E-state index contributed by atoms with van der Waals surface area (Å²) in [6.07, 6.45) is 0.369. The van der Waals surface area contributed by atoms with Crippen molar-refractivity contribution in [3.63, 3.8) is 0 Å². The lowest BCUT2D eigenvalue weighted by atomic mass is 10.1. The van der Waals surface area contributed by atoms with E-state index in [4.69, 9.17) is 9.47 Å². The molecule has 0 fully saturated rings. The summed E-state index contributed by atoms with van der Waals surface area (Å²) in [7, 11) is 1.64. The minimum Gasteiger partial charge on any atom is -0.497 e. The monoisotopic (exact) mass is 393 g/mol. The van der Waals surface area contributed by atoms with Crippen molar-refractivity contribution >= 4 is 15.7 Å². The maximum atomic E-state index is 12.8. The van der Waals surface area contributed by atoms with Gasteiger partial charge in [0.1, 0.15) is 11.5 Å². The fraction of sp³-hybridized carbons (Fsp3) is 0.444. The molecule has 146 valence electrons. The van der Waals surface area contributed by atoms with Crippen molar-refractivity contribution in [1.82, 2.24) is 15.1 Å². The van der Waals surface area contributed by atoms with Gasteiger partial charge in [-0.25, -0.2) is 8.42 Å². The summed E-state index contributed by atoms with van der Waals surface area (Å²) in [6, 6.07) is 4.95. The number of hydrogen-bond acceptors (Lipinski definition) is 6. The first-order chi connectivity index (χ1) is 12.8. The molecule has 3 rings (SSSR count). The summed E-state index contributed by atoms with van der Waals surface area (Å²) < 4.78 is 36.2. The van der Waals surface area contributed by atoms with Crippen molar-refractivity contribution in [1.29, 1.82) is 0 Å². The highest BCUT2D eigenvalue weighted by Gasteiger charge is 2.31. The first-order valence-corrected chi connectivity index (χ1v) is 10.4. The Labute approximate surface area is 158 Å². The van der Waals surface area contributed by atoms with E-state index in [0.717, 1.165) is 11.3 Å². The van der Waals surface area contributed by atoms with E-state index < -0.39 is 15.7 Å². The third-order valence-electron chi connectivity index (χ3n) is 4.75. The topological polar surface area (TPSA) is 99.5 Å². The number of aromatic nitrogens is 2. The second-order valence-corrected chi connectivity index (χ2v) is 8.73. The Bertz CT molecular complexity index is 981. The summed E-state index contributed by atoms with van der Waals surface area (Å²) in [5.74, 6) is 0.775. The molecule has 1 atom stereocenters. The molecule has 2 heterocycles. The van der Waals surface area contributed by atoms with E-state index in [-0.39, 0.29) is 23.2 Å². The second-order valence-electron chi connectivity index (χ2n) is 6.54. The molecular weight excluding hydrogens is 370 g/mol. The van der Waals surface area contributed by atoms with E-state index in [9.17, 15) is 13.2 Å². The fourth-order valence-electron chi connectivity index (χ4n) is 3.31. The van der Waals surface area contributed by atoms with Gasteiger partial charge < -0.3 is 14.8 Å². The van der Waals surface area contributed by atoms with E-state index in [1.165, 1.54) is 0 Å². The lowest BCUT2D eigenvalue weighted by molar-refractivity contribution is 0.0933. The molecule has 9 heteroatoms. The van der Waals surface area contributed by atoms with Crippen LogP contribution in [-0.2, 0) is 29.1 Å². The van der Waals surface area contributed by atoms with E-state index in [1.54, 1.807) is 44.1 Å². The number of rotatable bonds is 5. The highest BCUT2D eigenvalue weighted by Crippen LogP contribution is 2.30. The van der Waals surface area contributed by atoms with Gasteiger partial charge in [-0.1, -0.05) is 0 Å². The van der Waals surface area contributed by atoms with Gasteiger partial charge in [0.15, 0.2) is 15.5 Å². The van der Waals surface area contributed by atoms with Crippen LogP contribution in [0.3, 0.4) is 0 Å². The molecule has 27 heavy (non-hydrogen) atoms. The van der Waals surface area contributed by atoms with Crippen LogP contribution in [0.25, 0.3) is 0 Å². The SMILES string of the molecule is COc1ccc(OC)c([C@@H](C)NC(=O)c2nn(C)c3c2CS(=O)(=O)CC3)c1. The first-order valence-electron chi connectivity index (χ1n) is 8.53. The third kappa shape index (κ3) is 3.78. The molecule has 8 nitrogen and oxygen atoms in total. The van der Waals surface area contributed by atoms with Crippen LogP contribution in [0.15, 0.2) is 18.2 Å². The van der Waals surface area contributed by atoms with Crippen molar-refractivity contribution in [2.75, 3.05) is 20.0 Å². The number of hydrogen-bond donors (Lipinski definition) is 1. The zero-order valence-corrected chi connectivity index (χ0v) is 16.6. The van der Waals surface area contributed by atoms with Crippen LogP contribution < -0.4 is 14.8 Å². The molecule has 0 saturated heterocycles. The van der Waals surface area contributed by atoms with Crippen molar-refractivity contribution in [3.8, 4) is 11.5 Å². The maximum Gasteiger partial charge on any atom is 0.272 e. The summed E-state index contributed by atoms with van der Waals surface area (Å²) in [5, 5.41) is 7.15. The van der Waals surface area contributed by atoms with Crippen molar-refractivity contribution < 1.29 is 22.7 Å². The van der Waals surface area contributed by atoms with Gasteiger partial charge in [-0.05, 0) is 25.1 Å². The molecule has 0 radical (unpaired) electrons. The summed E-state index contributed by atoms with van der Waals surface area (Å²) in [5.41, 5.74) is 2.19. The zero-order valence-electron chi connectivity index (χ0n) is 15.8. The standard InChI is InChI=1S/C18H23N3O5S/c1-11(13-9-12(25-3)5-6-16(13)26-4)19-18(22)17-14-10-27(23,24)8-7-15(14)21(2)20-17/h5-6,9,11H,7-8,10H2,1-4H3,(H,19,22)/t11-/m1/s1. The average Bonchev–Trinajstić information content (AvgIpc) is 2.95. The number of nitrogens with one attached hydrogen (secondary N) is 1. The van der Waals surface area contributed by atoms with Gasteiger partial charge in [-0.3, -0.25) is 9.48 Å². The number of amides is 1. The normalized spacial score (nSPS) is 16.3. The van der Waals surface area contributed by atoms with Crippen LogP contribution in [0.4, 0.5) is 0 Å². The average molecular weight is 393 g/mol. The molecule has 1 aliphatic heterocycles. The van der Waals surface area contributed by atoms with Crippen LogP contribution in [-0.4, -0.2) is 44.1 Å². The smallest absolute Gasteiger partial charge is 0.272 e. The van der Waals surface area contributed by atoms with Gasteiger partial charge in [0.2, 0.25) is 0 Å². The molecular formula is C18H23N3O5S. The Kier molecular flexibility index (Phi) is 5.14. The number of carbonyl (C=O) groups is 1. The number of nitrogens with zero attached hydrogens (tertiary/aromatic N) is 2. The van der Waals surface area contributed by atoms with Gasteiger partial charge in [0.25, 0.3) is 5.91 Å². The molecule has 0 bridgehead atoms.